The van der Waals surface area contributed by atoms with Gasteiger partial charge in [0.2, 0.25) is 5.91 Å². The number of thiol groups is 1. The van der Waals surface area contributed by atoms with Crippen LogP contribution in [0.3, 0.4) is 0 Å². The van der Waals surface area contributed by atoms with E-state index in [0.29, 0.717) is 6.54 Å². The van der Waals surface area contributed by atoms with Gasteiger partial charge in [0.15, 0.2) is 0 Å². The molecular weight excluding hydrogens is 236 g/mol. The van der Waals surface area contributed by atoms with E-state index in [1.54, 1.807) is 0 Å². The van der Waals surface area contributed by atoms with Gasteiger partial charge in [-0.15, -0.1) is 12.6 Å². The normalized spacial score (nSPS) is 32.2. The monoisotopic (exact) mass is 250 g/mol. The standard InChI is InChI=1S/C11H14N4OS/c16-10-8-6-12-15(7-4-2-1-3-5-7)9(8)13-11(17)14-10/h1-5,8-9,11-13,17H,6H2,(H,14,16). The van der Waals surface area contributed by atoms with Crippen LogP contribution < -0.4 is 21.1 Å². The lowest BCUT2D eigenvalue weighted by atomic mass is 10.1. The molecule has 0 aliphatic carbocycles. The Labute approximate surface area is 105 Å². The summed E-state index contributed by atoms with van der Waals surface area (Å²) in [6, 6.07) is 9.95. The van der Waals surface area contributed by atoms with E-state index >= 15 is 0 Å². The molecule has 5 nitrogen and oxygen atoms in total. The number of hydrogen-bond donors (Lipinski definition) is 4. The second kappa shape index (κ2) is 4.21. The lowest BCUT2D eigenvalue weighted by molar-refractivity contribution is -0.127. The zero-order valence-electron chi connectivity index (χ0n) is 9.13. The first-order valence-electron chi connectivity index (χ1n) is 5.58. The second-order valence-corrected chi connectivity index (χ2v) is 4.71. The van der Waals surface area contributed by atoms with E-state index in [9.17, 15) is 4.79 Å². The quantitative estimate of drug-likeness (QED) is 0.525. The number of carbonyl (C=O) groups excluding carboxylic acids is 1. The molecule has 2 aliphatic rings. The molecule has 0 saturated carbocycles. The number of hydrogen-bond acceptors (Lipinski definition) is 5. The summed E-state index contributed by atoms with van der Waals surface area (Å²) in [5.41, 5.74) is 3.99. The molecule has 3 rings (SSSR count). The van der Waals surface area contributed by atoms with Gasteiger partial charge in [0, 0.05) is 6.54 Å². The fourth-order valence-electron chi connectivity index (χ4n) is 2.30. The predicted octanol–water partition coefficient (Wildman–Crippen LogP) is -0.114. The lowest BCUT2D eigenvalue weighted by Crippen LogP contribution is -2.62. The van der Waals surface area contributed by atoms with Crippen LogP contribution in [-0.2, 0) is 4.79 Å². The van der Waals surface area contributed by atoms with E-state index < -0.39 is 0 Å². The summed E-state index contributed by atoms with van der Waals surface area (Å²) in [4.78, 5) is 11.8. The van der Waals surface area contributed by atoms with Crippen LogP contribution in [-0.4, -0.2) is 24.1 Å². The van der Waals surface area contributed by atoms with Crippen LogP contribution in [0, 0.1) is 5.92 Å². The molecule has 3 atom stereocenters. The molecule has 2 aliphatic heterocycles. The maximum absolute atomic E-state index is 11.8. The third-order valence-corrected chi connectivity index (χ3v) is 3.40. The molecule has 1 aromatic rings. The van der Waals surface area contributed by atoms with Gasteiger partial charge in [0.05, 0.1) is 11.6 Å². The topological polar surface area (TPSA) is 56.4 Å². The van der Waals surface area contributed by atoms with Crippen molar-refractivity contribution in [3.8, 4) is 0 Å². The molecule has 0 aromatic heterocycles. The molecule has 90 valence electrons. The van der Waals surface area contributed by atoms with Crippen molar-refractivity contribution >= 4 is 24.2 Å². The molecule has 2 saturated heterocycles. The highest BCUT2D eigenvalue weighted by molar-refractivity contribution is 7.80. The van der Waals surface area contributed by atoms with Crippen LogP contribution in [0.1, 0.15) is 0 Å². The highest BCUT2D eigenvalue weighted by Gasteiger charge is 2.43. The summed E-state index contributed by atoms with van der Waals surface area (Å²) in [7, 11) is 0. The Morgan fingerprint density at radius 2 is 2.06 bits per heavy atom. The third-order valence-electron chi connectivity index (χ3n) is 3.12. The van der Waals surface area contributed by atoms with Crippen molar-refractivity contribution in [3.63, 3.8) is 0 Å². The predicted molar refractivity (Wildman–Crippen MR) is 68.3 cm³/mol. The van der Waals surface area contributed by atoms with Crippen molar-refractivity contribution in [3.05, 3.63) is 30.3 Å². The molecule has 6 heteroatoms. The minimum Gasteiger partial charge on any atom is -0.332 e. The van der Waals surface area contributed by atoms with Gasteiger partial charge >= 0.3 is 0 Å². The number of hydrazine groups is 1. The maximum atomic E-state index is 11.8. The van der Waals surface area contributed by atoms with Crippen molar-refractivity contribution in [2.75, 3.05) is 11.6 Å². The van der Waals surface area contributed by atoms with Crippen molar-refractivity contribution in [2.45, 2.75) is 11.7 Å². The van der Waals surface area contributed by atoms with Gasteiger partial charge in [0.1, 0.15) is 11.7 Å². The maximum Gasteiger partial charge on any atom is 0.229 e. The SMILES string of the molecule is O=C1NC(S)NC2C1CNN2c1ccccc1. The lowest BCUT2D eigenvalue weighted by Gasteiger charge is -2.35. The fraction of sp³-hybridized carbons (Fsp3) is 0.364. The average molecular weight is 250 g/mol. The Morgan fingerprint density at radius 1 is 1.29 bits per heavy atom. The van der Waals surface area contributed by atoms with Crippen LogP contribution in [0.15, 0.2) is 30.3 Å². The first kappa shape index (κ1) is 10.9. The summed E-state index contributed by atoms with van der Waals surface area (Å²) in [5.74, 6) is -0.0433. The van der Waals surface area contributed by atoms with Gasteiger partial charge < -0.3 is 5.32 Å². The third kappa shape index (κ3) is 1.88. The van der Waals surface area contributed by atoms with Crippen LogP contribution in [0.5, 0.6) is 0 Å². The van der Waals surface area contributed by atoms with Crippen molar-refractivity contribution in [2.24, 2.45) is 5.92 Å². The van der Waals surface area contributed by atoms with Crippen LogP contribution >= 0.6 is 12.6 Å². The summed E-state index contributed by atoms with van der Waals surface area (Å²) >= 11 is 4.26. The number of rotatable bonds is 1. The molecule has 3 N–H and O–H groups in total. The van der Waals surface area contributed by atoms with E-state index in [2.05, 4.69) is 28.7 Å². The van der Waals surface area contributed by atoms with Gasteiger partial charge in [0.25, 0.3) is 0 Å². The molecule has 2 fully saturated rings. The molecule has 1 amide bonds. The van der Waals surface area contributed by atoms with Crippen molar-refractivity contribution in [1.82, 2.24) is 16.1 Å². The molecule has 0 bridgehead atoms. The molecule has 0 spiro atoms. The van der Waals surface area contributed by atoms with Gasteiger partial charge in [-0.25, -0.2) is 5.43 Å². The Morgan fingerprint density at radius 3 is 2.82 bits per heavy atom. The van der Waals surface area contributed by atoms with Gasteiger partial charge in [-0.05, 0) is 12.1 Å². The largest absolute Gasteiger partial charge is 0.332 e. The summed E-state index contributed by atoms with van der Waals surface area (Å²) in [5, 5.41) is 8.02. The molecule has 1 aromatic carbocycles. The Bertz CT molecular complexity index is 427. The summed E-state index contributed by atoms with van der Waals surface area (Å²) in [6.45, 7) is 0.638. The fourth-order valence-corrected chi connectivity index (χ4v) is 2.58. The molecule has 0 radical (unpaired) electrons. The van der Waals surface area contributed by atoms with E-state index in [4.69, 9.17) is 0 Å². The van der Waals surface area contributed by atoms with E-state index in [1.807, 2.05) is 35.3 Å². The van der Waals surface area contributed by atoms with Crippen molar-refractivity contribution < 1.29 is 4.79 Å². The zero-order valence-corrected chi connectivity index (χ0v) is 10.0. The second-order valence-electron chi connectivity index (χ2n) is 4.20. The highest BCUT2D eigenvalue weighted by atomic mass is 32.1. The number of para-hydroxylation sites is 1. The number of nitrogens with zero attached hydrogens (tertiary/aromatic N) is 1. The average Bonchev–Trinajstić information content (AvgIpc) is 2.74. The molecular formula is C11H14N4OS. The summed E-state index contributed by atoms with van der Waals surface area (Å²) < 4.78 is 0. The smallest absolute Gasteiger partial charge is 0.229 e. The number of benzene rings is 1. The van der Waals surface area contributed by atoms with Gasteiger partial charge in [-0.1, -0.05) is 18.2 Å². The van der Waals surface area contributed by atoms with E-state index in [0.717, 1.165) is 5.69 Å². The van der Waals surface area contributed by atoms with E-state index in [-0.39, 0.29) is 23.5 Å². The number of amides is 1. The van der Waals surface area contributed by atoms with Crippen LogP contribution in [0.4, 0.5) is 5.69 Å². The number of anilines is 1. The van der Waals surface area contributed by atoms with Crippen molar-refractivity contribution in [1.29, 1.82) is 0 Å². The Hall–Kier alpha value is -1.24. The Balaban J connectivity index is 1.87. The van der Waals surface area contributed by atoms with Gasteiger partial charge in [-0.3, -0.25) is 15.1 Å². The summed E-state index contributed by atoms with van der Waals surface area (Å²) in [6.07, 6.45) is -0.0475. The zero-order chi connectivity index (χ0) is 11.8. The van der Waals surface area contributed by atoms with Crippen LogP contribution in [0.25, 0.3) is 0 Å². The van der Waals surface area contributed by atoms with E-state index in [1.165, 1.54) is 0 Å². The highest BCUT2D eigenvalue weighted by Crippen LogP contribution is 2.24. The number of nitrogens with one attached hydrogen (secondary N) is 3. The van der Waals surface area contributed by atoms with Crippen LogP contribution in [0.2, 0.25) is 0 Å². The molecule has 17 heavy (non-hydrogen) atoms. The number of fused-ring (bicyclic) bond motifs is 1. The Kier molecular flexibility index (Phi) is 2.70. The number of carbonyl (C=O) groups is 1. The first-order chi connectivity index (χ1) is 8.25. The minimum atomic E-state index is -0.296. The van der Waals surface area contributed by atoms with Gasteiger partial charge in [-0.2, -0.15) is 0 Å². The molecule has 2 heterocycles. The minimum absolute atomic E-state index is 0.0414. The first-order valence-corrected chi connectivity index (χ1v) is 6.09. The molecule has 3 unspecified atom stereocenters.